The Morgan fingerprint density at radius 2 is 1.75 bits per heavy atom. The van der Waals surface area contributed by atoms with Crippen molar-refractivity contribution >= 4 is 33.9 Å². The Hall–Kier alpha value is -3.11. The zero-order chi connectivity index (χ0) is 19.3. The number of Topliss-reactive ketones (excluding diaryl/α,β-unsaturated/α-hetero) is 1. The van der Waals surface area contributed by atoms with Crippen LogP contribution in [0.25, 0.3) is 12.2 Å². The number of benzene rings is 3. The minimum atomic E-state index is -0.124. The van der Waals surface area contributed by atoms with Gasteiger partial charge in [0, 0.05) is 10.5 Å². The molecule has 0 radical (unpaired) electrons. The number of allylic oxidation sites excluding steroid dienone is 1. The number of halogens is 1. The number of fused-ring (bicyclic) bond motifs is 1. The Kier molecular flexibility index (Phi) is 5.40. The van der Waals surface area contributed by atoms with E-state index in [4.69, 9.17) is 9.47 Å². The van der Waals surface area contributed by atoms with Crippen LogP contribution in [0.1, 0.15) is 21.5 Å². The molecule has 4 heteroatoms. The van der Waals surface area contributed by atoms with Gasteiger partial charge in [-0.15, -0.1) is 0 Å². The molecule has 0 aromatic heterocycles. The molecule has 0 aliphatic carbocycles. The monoisotopic (exact) mass is 432 g/mol. The maximum absolute atomic E-state index is 12.6. The summed E-state index contributed by atoms with van der Waals surface area (Å²) >= 11 is 3.48. The molecule has 0 saturated carbocycles. The molecule has 0 spiro atoms. The Morgan fingerprint density at radius 3 is 2.57 bits per heavy atom. The first-order valence-electron chi connectivity index (χ1n) is 8.88. The zero-order valence-electron chi connectivity index (χ0n) is 15.0. The van der Waals surface area contributed by atoms with Crippen molar-refractivity contribution in [2.75, 3.05) is 6.61 Å². The van der Waals surface area contributed by atoms with Gasteiger partial charge in [0.1, 0.15) is 18.1 Å². The molecule has 0 amide bonds. The van der Waals surface area contributed by atoms with Crippen molar-refractivity contribution in [3.05, 3.63) is 106 Å². The average Bonchev–Trinajstić information content (AvgIpc) is 3.03. The van der Waals surface area contributed by atoms with Crippen LogP contribution in [0.4, 0.5) is 0 Å². The fraction of sp³-hybridized carbons (Fsp3) is 0.0417. The maximum Gasteiger partial charge on any atom is 0.231 e. The number of carbonyl (C=O) groups excluding carboxylic acids is 1. The highest BCUT2D eigenvalue weighted by Crippen LogP contribution is 2.35. The third-order valence-corrected chi connectivity index (χ3v) is 5.01. The van der Waals surface area contributed by atoms with E-state index in [-0.39, 0.29) is 5.78 Å². The topological polar surface area (TPSA) is 35.5 Å². The largest absolute Gasteiger partial charge is 0.489 e. The highest BCUT2D eigenvalue weighted by atomic mass is 79.9. The van der Waals surface area contributed by atoms with Gasteiger partial charge in [-0.3, -0.25) is 4.79 Å². The van der Waals surface area contributed by atoms with Gasteiger partial charge in [0.15, 0.2) is 5.76 Å². The van der Waals surface area contributed by atoms with E-state index >= 15 is 0 Å². The minimum absolute atomic E-state index is 0.124. The third-order valence-electron chi connectivity index (χ3n) is 4.29. The highest BCUT2D eigenvalue weighted by molar-refractivity contribution is 9.10. The molecule has 138 valence electrons. The van der Waals surface area contributed by atoms with Gasteiger partial charge in [0.05, 0.1) is 5.56 Å². The molecule has 3 aromatic rings. The molecule has 1 aliphatic heterocycles. The Morgan fingerprint density at radius 1 is 0.964 bits per heavy atom. The number of carbonyl (C=O) groups is 1. The van der Waals surface area contributed by atoms with Gasteiger partial charge in [-0.25, -0.2) is 0 Å². The summed E-state index contributed by atoms with van der Waals surface area (Å²) < 4.78 is 12.4. The number of ketones is 1. The molecular weight excluding hydrogens is 416 g/mol. The van der Waals surface area contributed by atoms with E-state index in [1.54, 1.807) is 24.3 Å². The summed E-state index contributed by atoms with van der Waals surface area (Å²) in [6.45, 7) is 0.432. The molecule has 0 N–H and O–H groups in total. The van der Waals surface area contributed by atoms with Crippen LogP contribution < -0.4 is 9.47 Å². The SMILES string of the molecule is O=C1C(=Cc2ccccc2Br)Oc2cc(OCC=Cc3ccccc3)ccc21. The second-order valence-corrected chi connectivity index (χ2v) is 7.10. The first kappa shape index (κ1) is 18.3. The molecule has 3 nitrogen and oxygen atoms in total. The van der Waals surface area contributed by atoms with E-state index in [0.717, 1.165) is 15.6 Å². The van der Waals surface area contributed by atoms with E-state index in [1.165, 1.54) is 0 Å². The van der Waals surface area contributed by atoms with Gasteiger partial charge in [-0.2, -0.15) is 0 Å². The second kappa shape index (κ2) is 8.28. The van der Waals surface area contributed by atoms with E-state index in [1.807, 2.05) is 66.7 Å². The van der Waals surface area contributed by atoms with E-state index in [2.05, 4.69) is 15.9 Å². The molecule has 0 saturated heterocycles. The lowest BCUT2D eigenvalue weighted by molar-refractivity contribution is 0.101. The van der Waals surface area contributed by atoms with Gasteiger partial charge >= 0.3 is 0 Å². The standard InChI is InChI=1S/C24H17BrO3/c25-21-11-5-4-10-18(21)15-23-24(26)20-13-12-19(16-22(20)28-23)27-14-6-9-17-7-2-1-3-8-17/h1-13,15-16H,14H2. The van der Waals surface area contributed by atoms with E-state index in [0.29, 0.717) is 29.4 Å². The molecule has 0 fully saturated rings. The second-order valence-electron chi connectivity index (χ2n) is 6.24. The number of hydrogen-bond donors (Lipinski definition) is 0. The summed E-state index contributed by atoms with van der Waals surface area (Å²) in [5.74, 6) is 1.36. The van der Waals surface area contributed by atoms with Crippen molar-refractivity contribution in [2.24, 2.45) is 0 Å². The summed E-state index contributed by atoms with van der Waals surface area (Å²) in [4.78, 5) is 12.6. The van der Waals surface area contributed by atoms with Gasteiger partial charge in [0.2, 0.25) is 5.78 Å². The zero-order valence-corrected chi connectivity index (χ0v) is 16.6. The summed E-state index contributed by atoms with van der Waals surface area (Å²) in [6.07, 6.45) is 5.70. The molecule has 1 aliphatic rings. The van der Waals surface area contributed by atoms with Crippen molar-refractivity contribution in [3.63, 3.8) is 0 Å². The minimum Gasteiger partial charge on any atom is -0.489 e. The molecule has 0 atom stereocenters. The molecule has 0 unspecified atom stereocenters. The normalized spacial score (nSPS) is 14.3. The number of ether oxygens (including phenoxy) is 2. The Balaban J connectivity index is 1.45. The molecule has 0 bridgehead atoms. The van der Waals surface area contributed by atoms with Crippen LogP contribution in [0.15, 0.2) is 89.1 Å². The lowest BCUT2D eigenvalue weighted by Gasteiger charge is -2.05. The van der Waals surface area contributed by atoms with Crippen LogP contribution in [0.2, 0.25) is 0 Å². The van der Waals surface area contributed by atoms with Crippen molar-refractivity contribution in [2.45, 2.75) is 0 Å². The van der Waals surface area contributed by atoms with Crippen LogP contribution in [0.3, 0.4) is 0 Å². The van der Waals surface area contributed by atoms with Gasteiger partial charge in [-0.1, -0.05) is 70.5 Å². The van der Waals surface area contributed by atoms with Crippen molar-refractivity contribution in [1.29, 1.82) is 0 Å². The molecule has 4 rings (SSSR count). The van der Waals surface area contributed by atoms with Gasteiger partial charge in [-0.05, 0) is 41.5 Å². The van der Waals surface area contributed by atoms with Crippen LogP contribution in [-0.2, 0) is 0 Å². The van der Waals surface area contributed by atoms with Gasteiger partial charge in [0.25, 0.3) is 0 Å². The first-order valence-corrected chi connectivity index (χ1v) is 9.67. The highest BCUT2D eigenvalue weighted by Gasteiger charge is 2.27. The fourth-order valence-corrected chi connectivity index (χ4v) is 3.28. The predicted molar refractivity (Wildman–Crippen MR) is 114 cm³/mol. The lowest BCUT2D eigenvalue weighted by Crippen LogP contribution is -1.98. The van der Waals surface area contributed by atoms with Crippen LogP contribution in [0.5, 0.6) is 11.5 Å². The van der Waals surface area contributed by atoms with E-state index < -0.39 is 0 Å². The summed E-state index contributed by atoms with van der Waals surface area (Å²) in [7, 11) is 0. The average molecular weight is 433 g/mol. The van der Waals surface area contributed by atoms with Crippen molar-refractivity contribution < 1.29 is 14.3 Å². The van der Waals surface area contributed by atoms with Crippen molar-refractivity contribution in [3.8, 4) is 11.5 Å². The quantitative estimate of drug-likeness (QED) is 0.453. The Bertz CT molecular complexity index is 1070. The summed E-state index contributed by atoms with van der Waals surface area (Å²) in [5.41, 5.74) is 2.56. The van der Waals surface area contributed by atoms with Crippen LogP contribution in [0, 0.1) is 0 Å². The molecule has 3 aromatic carbocycles. The molecular formula is C24H17BrO3. The van der Waals surface area contributed by atoms with E-state index in [9.17, 15) is 4.79 Å². The number of rotatable bonds is 5. The van der Waals surface area contributed by atoms with Crippen LogP contribution in [-0.4, -0.2) is 12.4 Å². The Labute approximate surface area is 172 Å². The fourth-order valence-electron chi connectivity index (χ4n) is 2.88. The number of hydrogen-bond acceptors (Lipinski definition) is 3. The maximum atomic E-state index is 12.6. The lowest BCUT2D eigenvalue weighted by atomic mass is 10.1. The molecule has 1 heterocycles. The van der Waals surface area contributed by atoms with Crippen LogP contribution >= 0.6 is 15.9 Å². The third kappa shape index (κ3) is 4.07. The molecule has 28 heavy (non-hydrogen) atoms. The van der Waals surface area contributed by atoms with Gasteiger partial charge < -0.3 is 9.47 Å². The predicted octanol–water partition coefficient (Wildman–Crippen LogP) is 6.16. The smallest absolute Gasteiger partial charge is 0.231 e. The first-order chi connectivity index (χ1) is 13.7. The van der Waals surface area contributed by atoms with Crippen molar-refractivity contribution in [1.82, 2.24) is 0 Å². The summed E-state index contributed by atoms with van der Waals surface area (Å²) in [6, 6.07) is 23.0. The summed E-state index contributed by atoms with van der Waals surface area (Å²) in [5, 5.41) is 0.